The first-order valence-electron chi connectivity index (χ1n) is 5.46. The second-order valence-electron chi connectivity index (χ2n) is 4.16. The van der Waals surface area contributed by atoms with E-state index in [2.05, 4.69) is 15.9 Å². The number of hydrogen-bond acceptors (Lipinski definition) is 1. The van der Waals surface area contributed by atoms with Crippen molar-refractivity contribution < 1.29 is 4.79 Å². The summed E-state index contributed by atoms with van der Waals surface area (Å²) in [6, 6.07) is 6.79. The molecule has 6 heteroatoms. The Morgan fingerprint density at radius 2 is 1.65 bits per heavy atom. The van der Waals surface area contributed by atoms with Crippen LogP contribution in [0.5, 0.6) is 0 Å². The molecular formula is C14H7BrCl4O. The summed E-state index contributed by atoms with van der Waals surface area (Å²) in [6.07, 6.45) is 0. The van der Waals surface area contributed by atoms with Gasteiger partial charge in [-0.15, -0.1) is 0 Å². The largest absolute Gasteiger partial charge is 0.288 e. The van der Waals surface area contributed by atoms with Crippen molar-refractivity contribution in [3.63, 3.8) is 0 Å². The number of carbonyl (C=O) groups is 1. The lowest BCUT2D eigenvalue weighted by Crippen LogP contribution is -2.05. The lowest BCUT2D eigenvalue weighted by atomic mass is 10.0. The summed E-state index contributed by atoms with van der Waals surface area (Å²) in [6.45, 7) is 1.93. The molecule has 0 aliphatic rings. The van der Waals surface area contributed by atoms with Crippen LogP contribution in [0.4, 0.5) is 0 Å². The van der Waals surface area contributed by atoms with Crippen LogP contribution in [0.3, 0.4) is 0 Å². The number of aryl methyl sites for hydroxylation is 1. The fourth-order valence-electron chi connectivity index (χ4n) is 1.71. The SMILES string of the molecule is Cc1ccc(C(=O)c2c(Cl)cc(Cl)c(Cl)c2Cl)c(Br)c1. The molecule has 0 radical (unpaired) electrons. The molecule has 0 fully saturated rings. The van der Waals surface area contributed by atoms with Crippen molar-refractivity contribution in [2.45, 2.75) is 6.92 Å². The van der Waals surface area contributed by atoms with Crippen LogP contribution in [-0.2, 0) is 0 Å². The molecule has 2 aromatic carbocycles. The Bertz CT molecular complexity index is 713. The van der Waals surface area contributed by atoms with Gasteiger partial charge in [0.2, 0.25) is 0 Å². The predicted octanol–water partition coefficient (Wildman–Crippen LogP) is 6.60. The summed E-state index contributed by atoms with van der Waals surface area (Å²) in [4.78, 5) is 12.6. The van der Waals surface area contributed by atoms with Gasteiger partial charge in [0, 0.05) is 10.0 Å². The summed E-state index contributed by atoms with van der Waals surface area (Å²) < 4.78 is 0.667. The molecule has 0 aliphatic heterocycles. The molecule has 2 aromatic rings. The molecule has 0 saturated carbocycles. The molecule has 2 rings (SSSR count). The van der Waals surface area contributed by atoms with E-state index in [9.17, 15) is 4.79 Å². The van der Waals surface area contributed by atoms with E-state index in [1.54, 1.807) is 6.07 Å². The van der Waals surface area contributed by atoms with Crippen molar-refractivity contribution in [1.82, 2.24) is 0 Å². The lowest BCUT2D eigenvalue weighted by molar-refractivity contribution is 0.103. The molecule has 20 heavy (non-hydrogen) atoms. The highest BCUT2D eigenvalue weighted by atomic mass is 79.9. The average molecular weight is 413 g/mol. The van der Waals surface area contributed by atoms with Crippen molar-refractivity contribution in [3.05, 3.63) is 65.5 Å². The van der Waals surface area contributed by atoms with Crippen LogP contribution in [0.25, 0.3) is 0 Å². The van der Waals surface area contributed by atoms with Gasteiger partial charge in [0.1, 0.15) is 0 Å². The van der Waals surface area contributed by atoms with E-state index in [0.717, 1.165) is 5.56 Å². The van der Waals surface area contributed by atoms with Gasteiger partial charge in [-0.1, -0.05) is 68.4 Å². The van der Waals surface area contributed by atoms with Gasteiger partial charge in [0.15, 0.2) is 5.78 Å². The van der Waals surface area contributed by atoms with E-state index < -0.39 is 0 Å². The molecule has 0 saturated heterocycles. The number of benzene rings is 2. The highest BCUT2D eigenvalue weighted by Crippen LogP contribution is 2.39. The van der Waals surface area contributed by atoms with Crippen molar-refractivity contribution in [2.24, 2.45) is 0 Å². The first kappa shape index (κ1) is 16.1. The zero-order chi connectivity index (χ0) is 15.0. The average Bonchev–Trinajstić information content (AvgIpc) is 2.36. The van der Waals surface area contributed by atoms with Crippen molar-refractivity contribution >= 4 is 68.1 Å². The maximum absolute atomic E-state index is 12.6. The molecule has 104 valence electrons. The molecular weight excluding hydrogens is 406 g/mol. The van der Waals surface area contributed by atoms with Crippen molar-refractivity contribution in [2.75, 3.05) is 0 Å². The smallest absolute Gasteiger partial charge is 0.197 e. The highest BCUT2D eigenvalue weighted by Gasteiger charge is 2.22. The van der Waals surface area contributed by atoms with E-state index in [-0.39, 0.29) is 31.4 Å². The van der Waals surface area contributed by atoms with E-state index in [1.807, 2.05) is 19.1 Å². The lowest BCUT2D eigenvalue weighted by Gasteiger charge is -2.10. The van der Waals surface area contributed by atoms with E-state index >= 15 is 0 Å². The van der Waals surface area contributed by atoms with Crippen LogP contribution in [0, 0.1) is 6.92 Å². The Hall–Kier alpha value is -0.250. The second kappa shape index (κ2) is 6.25. The first-order valence-corrected chi connectivity index (χ1v) is 7.77. The molecule has 0 aliphatic carbocycles. The van der Waals surface area contributed by atoms with Crippen LogP contribution < -0.4 is 0 Å². The summed E-state index contributed by atoms with van der Waals surface area (Å²) in [5, 5.41) is 0.550. The van der Waals surface area contributed by atoms with Crippen LogP contribution in [-0.4, -0.2) is 5.78 Å². The number of hydrogen-bond donors (Lipinski definition) is 0. The maximum Gasteiger partial charge on any atom is 0.197 e. The van der Waals surface area contributed by atoms with E-state index in [0.29, 0.717) is 10.0 Å². The summed E-state index contributed by atoms with van der Waals surface area (Å²) in [5.41, 5.74) is 1.63. The van der Waals surface area contributed by atoms with Crippen LogP contribution >= 0.6 is 62.3 Å². The molecule has 0 atom stereocenters. The minimum atomic E-state index is -0.314. The van der Waals surface area contributed by atoms with Gasteiger partial charge in [-0.2, -0.15) is 0 Å². The molecule has 0 unspecified atom stereocenters. The summed E-state index contributed by atoms with van der Waals surface area (Å²) in [7, 11) is 0. The minimum absolute atomic E-state index is 0.0571. The zero-order valence-electron chi connectivity index (χ0n) is 10.1. The fourth-order valence-corrected chi connectivity index (χ4v) is 3.47. The number of ketones is 1. The van der Waals surface area contributed by atoms with Crippen molar-refractivity contribution in [1.29, 1.82) is 0 Å². The Labute approximate surface area is 144 Å². The quantitative estimate of drug-likeness (QED) is 0.308. The van der Waals surface area contributed by atoms with Gasteiger partial charge in [-0.25, -0.2) is 0 Å². The van der Waals surface area contributed by atoms with Crippen LogP contribution in [0.2, 0.25) is 20.1 Å². The van der Waals surface area contributed by atoms with Gasteiger partial charge in [0.25, 0.3) is 0 Å². The normalized spacial score (nSPS) is 10.7. The van der Waals surface area contributed by atoms with Gasteiger partial charge >= 0.3 is 0 Å². The molecule has 0 heterocycles. The van der Waals surface area contributed by atoms with Gasteiger partial charge in [0.05, 0.1) is 25.7 Å². The van der Waals surface area contributed by atoms with Gasteiger partial charge in [-0.3, -0.25) is 4.79 Å². The molecule has 0 aromatic heterocycles. The summed E-state index contributed by atoms with van der Waals surface area (Å²) >= 11 is 27.4. The Balaban J connectivity index is 2.63. The monoisotopic (exact) mass is 410 g/mol. The zero-order valence-corrected chi connectivity index (χ0v) is 14.7. The highest BCUT2D eigenvalue weighted by molar-refractivity contribution is 9.10. The summed E-state index contributed by atoms with van der Waals surface area (Å²) in [5.74, 6) is -0.314. The van der Waals surface area contributed by atoms with Crippen LogP contribution in [0.1, 0.15) is 21.5 Å². The topological polar surface area (TPSA) is 17.1 Å². The number of halogens is 5. The maximum atomic E-state index is 12.6. The molecule has 0 bridgehead atoms. The van der Waals surface area contributed by atoms with Gasteiger partial charge in [-0.05, 0) is 30.7 Å². The third-order valence-electron chi connectivity index (χ3n) is 2.71. The van der Waals surface area contributed by atoms with E-state index in [1.165, 1.54) is 6.07 Å². The molecule has 0 spiro atoms. The number of rotatable bonds is 2. The third-order valence-corrected chi connectivity index (χ3v) is 4.93. The second-order valence-corrected chi connectivity index (χ2v) is 6.58. The Kier molecular flexibility index (Phi) is 5.04. The Morgan fingerprint density at radius 1 is 1.00 bits per heavy atom. The molecule has 1 nitrogen and oxygen atoms in total. The third kappa shape index (κ3) is 3.00. The predicted molar refractivity (Wildman–Crippen MR) is 88.8 cm³/mol. The molecule has 0 amide bonds. The number of carbonyl (C=O) groups excluding carboxylic acids is 1. The minimum Gasteiger partial charge on any atom is -0.288 e. The first-order chi connectivity index (χ1) is 9.32. The molecule has 0 N–H and O–H groups in total. The van der Waals surface area contributed by atoms with Gasteiger partial charge < -0.3 is 0 Å². The Morgan fingerprint density at radius 3 is 2.25 bits per heavy atom. The van der Waals surface area contributed by atoms with E-state index in [4.69, 9.17) is 46.4 Å². The fraction of sp³-hybridized carbons (Fsp3) is 0.0714. The standard InChI is InChI=1S/C14H7BrCl4O/c1-6-2-3-7(8(15)4-6)14(20)11-9(16)5-10(17)12(18)13(11)19/h2-5H,1H3. The van der Waals surface area contributed by atoms with Crippen LogP contribution in [0.15, 0.2) is 28.7 Å². The van der Waals surface area contributed by atoms with Crippen molar-refractivity contribution in [3.8, 4) is 0 Å².